The molecule has 1 aromatic heterocycles. The number of nitrogens with zero attached hydrogens (tertiary/aromatic N) is 1. The summed E-state index contributed by atoms with van der Waals surface area (Å²) in [5.41, 5.74) is 3.49. The van der Waals surface area contributed by atoms with Gasteiger partial charge in [0.05, 0.1) is 11.5 Å². The zero-order valence-corrected chi connectivity index (χ0v) is 20.9. The third-order valence-electron chi connectivity index (χ3n) is 7.56. The number of hydrogen-bond donors (Lipinski definition) is 3. The average molecular weight is 519 g/mol. The van der Waals surface area contributed by atoms with Gasteiger partial charge in [-0.05, 0) is 78.6 Å². The Kier molecular flexibility index (Phi) is 6.93. The number of rotatable bonds is 9. The van der Waals surface area contributed by atoms with Gasteiger partial charge in [0.1, 0.15) is 5.82 Å². The molecule has 0 fully saturated rings. The maximum Gasteiger partial charge on any atom is 0.237 e. The number of amides is 3. The molecule has 3 aromatic rings. The molecule has 2 aromatic carbocycles. The van der Waals surface area contributed by atoms with Crippen LogP contribution in [0, 0.1) is 17.6 Å². The molecule has 3 unspecified atom stereocenters. The lowest BCUT2D eigenvalue weighted by Crippen LogP contribution is -2.35. The molecule has 9 heteroatoms. The van der Waals surface area contributed by atoms with Gasteiger partial charge in [-0.15, -0.1) is 0 Å². The Morgan fingerprint density at radius 1 is 1.11 bits per heavy atom. The number of carbonyl (C=O) groups excluding carboxylic acids is 3. The summed E-state index contributed by atoms with van der Waals surface area (Å²) in [6.45, 7) is 1.93. The molecule has 3 N–H and O–H groups in total. The first-order valence-corrected chi connectivity index (χ1v) is 12.6. The molecule has 7 nitrogen and oxygen atoms in total. The molecule has 0 radical (unpaired) electrons. The highest BCUT2D eigenvalue weighted by Gasteiger charge is 2.51. The van der Waals surface area contributed by atoms with Crippen molar-refractivity contribution in [2.24, 2.45) is 5.92 Å². The Morgan fingerprint density at radius 2 is 1.92 bits per heavy atom. The maximum atomic E-state index is 13.6. The SMILES string of the molecule is CC(CCC(NC=O)c1ccc(F)c(F)c1)CC(=O)Nc1ccc2c(c1)CC1(C2)C(=O)Nc2ncccc21. The predicted octanol–water partition coefficient (Wildman–Crippen LogP) is 4.58. The predicted molar refractivity (Wildman–Crippen MR) is 138 cm³/mol. The summed E-state index contributed by atoms with van der Waals surface area (Å²) in [5.74, 6) is -1.51. The molecule has 3 amide bonds. The Labute approximate surface area is 219 Å². The fraction of sp³-hybridized carbons (Fsp3) is 0.310. The molecule has 0 saturated heterocycles. The van der Waals surface area contributed by atoms with Crippen molar-refractivity contribution in [1.82, 2.24) is 10.3 Å². The smallest absolute Gasteiger partial charge is 0.237 e. The summed E-state index contributed by atoms with van der Waals surface area (Å²) in [6, 6.07) is 12.6. The van der Waals surface area contributed by atoms with E-state index in [9.17, 15) is 23.2 Å². The zero-order valence-electron chi connectivity index (χ0n) is 20.9. The first-order valence-electron chi connectivity index (χ1n) is 12.6. The maximum absolute atomic E-state index is 13.6. The second-order valence-electron chi connectivity index (χ2n) is 10.2. The van der Waals surface area contributed by atoms with Crippen molar-refractivity contribution < 1.29 is 23.2 Å². The normalized spacial score (nSPS) is 18.9. The van der Waals surface area contributed by atoms with Gasteiger partial charge in [0.15, 0.2) is 11.6 Å². The van der Waals surface area contributed by atoms with Gasteiger partial charge in [0.2, 0.25) is 18.2 Å². The number of anilines is 2. The minimum Gasteiger partial charge on any atom is -0.352 e. The van der Waals surface area contributed by atoms with Crippen LogP contribution in [0.25, 0.3) is 0 Å². The average Bonchev–Trinajstić information content (AvgIpc) is 3.40. The van der Waals surface area contributed by atoms with E-state index in [0.29, 0.717) is 49.2 Å². The molecule has 2 heterocycles. The molecule has 1 aliphatic carbocycles. The number of pyridine rings is 1. The van der Waals surface area contributed by atoms with Crippen molar-refractivity contribution in [1.29, 1.82) is 0 Å². The van der Waals surface area contributed by atoms with Crippen LogP contribution < -0.4 is 16.0 Å². The topological polar surface area (TPSA) is 100 Å². The summed E-state index contributed by atoms with van der Waals surface area (Å²) in [5, 5.41) is 8.50. The fourth-order valence-corrected chi connectivity index (χ4v) is 5.58. The Bertz CT molecular complexity index is 1410. The summed E-state index contributed by atoms with van der Waals surface area (Å²) in [7, 11) is 0. The van der Waals surface area contributed by atoms with E-state index in [0.717, 1.165) is 28.8 Å². The van der Waals surface area contributed by atoms with Crippen LogP contribution in [0.5, 0.6) is 0 Å². The Hall–Kier alpha value is -4.14. The number of carbonyl (C=O) groups is 3. The van der Waals surface area contributed by atoms with Crippen molar-refractivity contribution in [3.05, 3.63) is 88.6 Å². The van der Waals surface area contributed by atoms with E-state index in [2.05, 4.69) is 20.9 Å². The standard InChI is InChI=1S/C29H28F2N4O3/c1-17(4-9-25(33-16-36)18-6-8-23(30)24(31)13-18)11-26(37)34-21-7-5-19-14-29(15-20(19)12-21)22-3-2-10-32-27(22)35-28(29)38/h2-3,5-8,10,12-13,16-17,25H,4,9,11,14-15H2,1H3,(H,33,36)(H,34,37)(H,32,35,38). The number of hydrogen-bond acceptors (Lipinski definition) is 4. The molecule has 1 aliphatic heterocycles. The van der Waals surface area contributed by atoms with Crippen molar-refractivity contribution in [3.63, 3.8) is 0 Å². The lowest BCUT2D eigenvalue weighted by Gasteiger charge is -2.20. The summed E-state index contributed by atoms with van der Waals surface area (Å²) in [6.07, 6.45) is 4.65. The van der Waals surface area contributed by atoms with Crippen LogP contribution in [-0.4, -0.2) is 23.2 Å². The molecule has 0 bridgehead atoms. The van der Waals surface area contributed by atoms with Crippen LogP contribution in [0.2, 0.25) is 0 Å². The molecule has 5 rings (SSSR count). The molecular formula is C29H28F2N4O3. The van der Waals surface area contributed by atoms with E-state index in [1.807, 2.05) is 37.3 Å². The lowest BCUT2D eigenvalue weighted by molar-refractivity contribution is -0.120. The van der Waals surface area contributed by atoms with Gasteiger partial charge in [0, 0.05) is 23.9 Å². The lowest BCUT2D eigenvalue weighted by atomic mass is 9.79. The van der Waals surface area contributed by atoms with E-state index in [-0.39, 0.29) is 24.2 Å². The second-order valence-corrected chi connectivity index (χ2v) is 10.2. The number of halogens is 2. The third kappa shape index (κ3) is 4.88. The molecule has 2 aliphatic rings. The molecule has 3 atom stereocenters. The highest BCUT2D eigenvalue weighted by Crippen LogP contribution is 2.46. The van der Waals surface area contributed by atoms with E-state index in [4.69, 9.17) is 0 Å². The number of aromatic nitrogens is 1. The highest BCUT2D eigenvalue weighted by molar-refractivity contribution is 6.06. The van der Waals surface area contributed by atoms with Gasteiger partial charge in [-0.25, -0.2) is 13.8 Å². The molecule has 1 spiro atoms. The van der Waals surface area contributed by atoms with Crippen LogP contribution >= 0.6 is 0 Å². The number of benzene rings is 2. The van der Waals surface area contributed by atoms with Gasteiger partial charge >= 0.3 is 0 Å². The van der Waals surface area contributed by atoms with Gasteiger partial charge in [-0.1, -0.05) is 25.1 Å². The first kappa shape index (κ1) is 25.5. The fourth-order valence-electron chi connectivity index (χ4n) is 5.58. The zero-order chi connectivity index (χ0) is 26.9. The minimum absolute atomic E-state index is 0.0138. The van der Waals surface area contributed by atoms with Gasteiger partial charge in [-0.3, -0.25) is 14.4 Å². The van der Waals surface area contributed by atoms with Crippen molar-refractivity contribution in [2.75, 3.05) is 10.6 Å². The molecule has 38 heavy (non-hydrogen) atoms. The Morgan fingerprint density at radius 3 is 2.71 bits per heavy atom. The molecular weight excluding hydrogens is 490 g/mol. The monoisotopic (exact) mass is 518 g/mol. The first-order chi connectivity index (χ1) is 18.3. The van der Waals surface area contributed by atoms with E-state index < -0.39 is 23.1 Å². The van der Waals surface area contributed by atoms with Crippen LogP contribution in [-0.2, 0) is 32.6 Å². The quantitative estimate of drug-likeness (QED) is 0.361. The largest absolute Gasteiger partial charge is 0.352 e. The van der Waals surface area contributed by atoms with Gasteiger partial charge < -0.3 is 16.0 Å². The van der Waals surface area contributed by atoms with Crippen molar-refractivity contribution in [3.8, 4) is 0 Å². The number of nitrogens with one attached hydrogen (secondary N) is 3. The van der Waals surface area contributed by atoms with Crippen molar-refractivity contribution >= 4 is 29.7 Å². The van der Waals surface area contributed by atoms with Crippen LogP contribution in [0.3, 0.4) is 0 Å². The summed E-state index contributed by atoms with van der Waals surface area (Å²) >= 11 is 0. The van der Waals surface area contributed by atoms with E-state index >= 15 is 0 Å². The van der Waals surface area contributed by atoms with Gasteiger partial charge in [0.25, 0.3) is 0 Å². The number of fused-ring (bicyclic) bond motifs is 3. The second kappa shape index (κ2) is 10.3. The third-order valence-corrected chi connectivity index (χ3v) is 7.56. The Balaban J connectivity index is 1.18. The van der Waals surface area contributed by atoms with Crippen LogP contribution in [0.15, 0.2) is 54.7 Å². The van der Waals surface area contributed by atoms with Gasteiger partial charge in [-0.2, -0.15) is 0 Å². The minimum atomic E-state index is -0.970. The highest BCUT2D eigenvalue weighted by atomic mass is 19.2. The van der Waals surface area contributed by atoms with Crippen LogP contribution in [0.4, 0.5) is 20.3 Å². The summed E-state index contributed by atoms with van der Waals surface area (Å²) in [4.78, 5) is 41.0. The molecule has 0 saturated carbocycles. The summed E-state index contributed by atoms with van der Waals surface area (Å²) < 4.78 is 26.9. The van der Waals surface area contributed by atoms with Crippen molar-refractivity contribution in [2.45, 2.75) is 50.5 Å². The molecule has 196 valence electrons. The van der Waals surface area contributed by atoms with E-state index in [1.54, 1.807) is 6.20 Å². The van der Waals surface area contributed by atoms with E-state index in [1.165, 1.54) is 6.07 Å². The van der Waals surface area contributed by atoms with Crippen LogP contribution in [0.1, 0.15) is 54.5 Å².